The number of nitrogens with zero attached hydrogens (tertiary/aromatic N) is 2. The fourth-order valence-electron chi connectivity index (χ4n) is 4.89. The molecule has 1 amide bonds. The van der Waals surface area contributed by atoms with Gasteiger partial charge in [-0.15, -0.1) is 0 Å². The van der Waals surface area contributed by atoms with Gasteiger partial charge in [-0.25, -0.2) is 4.98 Å². The largest absolute Gasteiger partial charge is 0.347 e. The van der Waals surface area contributed by atoms with Crippen LogP contribution in [0.2, 0.25) is 0 Å². The molecular weight excluding hydrogens is 372 g/mol. The molecule has 0 radical (unpaired) electrons. The van der Waals surface area contributed by atoms with E-state index in [1.54, 1.807) is 6.33 Å². The summed E-state index contributed by atoms with van der Waals surface area (Å²) < 4.78 is 0. The Morgan fingerprint density at radius 2 is 1.73 bits per heavy atom. The van der Waals surface area contributed by atoms with Gasteiger partial charge < -0.3 is 15.2 Å². The summed E-state index contributed by atoms with van der Waals surface area (Å²) in [7, 11) is 0. The SMILES string of the molecule is O=C(N1Cc2[nH]cnc2C(CCc2ccccc2)C1)C1(Cc2ccccc2)CNC1. The van der Waals surface area contributed by atoms with E-state index in [4.69, 9.17) is 0 Å². The second kappa shape index (κ2) is 8.07. The lowest BCUT2D eigenvalue weighted by Gasteiger charge is -2.46. The fraction of sp³-hybridized carbons (Fsp3) is 0.360. The molecule has 5 heteroatoms. The molecule has 0 spiro atoms. The number of H-pyrrole nitrogens is 1. The van der Waals surface area contributed by atoms with Crippen molar-refractivity contribution in [3.63, 3.8) is 0 Å². The molecule has 1 unspecified atom stereocenters. The second-order valence-electron chi connectivity index (χ2n) is 8.72. The average Bonchev–Trinajstić information content (AvgIpc) is 3.24. The third-order valence-corrected chi connectivity index (χ3v) is 6.61. The molecule has 2 aliphatic heterocycles. The van der Waals surface area contributed by atoms with Crippen LogP contribution in [-0.4, -0.2) is 40.4 Å². The number of imidazole rings is 1. The average molecular weight is 401 g/mol. The highest BCUT2D eigenvalue weighted by molar-refractivity contribution is 5.85. The number of hydrogen-bond donors (Lipinski definition) is 2. The molecule has 1 fully saturated rings. The van der Waals surface area contributed by atoms with Crippen LogP contribution >= 0.6 is 0 Å². The summed E-state index contributed by atoms with van der Waals surface area (Å²) in [5.41, 5.74) is 4.46. The van der Waals surface area contributed by atoms with E-state index in [-0.39, 0.29) is 17.2 Å². The topological polar surface area (TPSA) is 61.0 Å². The maximum atomic E-state index is 13.7. The summed E-state index contributed by atoms with van der Waals surface area (Å²) in [5, 5.41) is 3.35. The Kier molecular flexibility index (Phi) is 5.13. The van der Waals surface area contributed by atoms with E-state index >= 15 is 0 Å². The molecular formula is C25H28N4O. The number of hydrogen-bond acceptors (Lipinski definition) is 3. The lowest BCUT2D eigenvalue weighted by atomic mass is 9.74. The third kappa shape index (κ3) is 3.65. The van der Waals surface area contributed by atoms with Gasteiger partial charge >= 0.3 is 0 Å². The number of benzene rings is 2. The van der Waals surface area contributed by atoms with E-state index in [9.17, 15) is 4.79 Å². The van der Waals surface area contributed by atoms with Crippen LogP contribution in [0.5, 0.6) is 0 Å². The van der Waals surface area contributed by atoms with Gasteiger partial charge in [0.2, 0.25) is 5.91 Å². The minimum Gasteiger partial charge on any atom is -0.347 e. The van der Waals surface area contributed by atoms with Crippen LogP contribution in [-0.2, 0) is 24.2 Å². The van der Waals surface area contributed by atoms with E-state index in [0.717, 1.165) is 50.3 Å². The number of aromatic nitrogens is 2. The summed E-state index contributed by atoms with van der Waals surface area (Å²) in [5.74, 6) is 0.543. The zero-order valence-corrected chi connectivity index (χ0v) is 17.2. The molecule has 154 valence electrons. The van der Waals surface area contributed by atoms with E-state index < -0.39 is 0 Å². The summed E-state index contributed by atoms with van der Waals surface area (Å²) >= 11 is 0. The Morgan fingerprint density at radius 1 is 1.03 bits per heavy atom. The predicted molar refractivity (Wildman–Crippen MR) is 117 cm³/mol. The zero-order valence-electron chi connectivity index (χ0n) is 17.2. The van der Waals surface area contributed by atoms with Crippen molar-refractivity contribution in [1.82, 2.24) is 20.2 Å². The van der Waals surface area contributed by atoms with Crippen molar-refractivity contribution in [3.05, 3.63) is 89.5 Å². The smallest absolute Gasteiger partial charge is 0.232 e. The van der Waals surface area contributed by atoms with E-state index in [1.807, 2.05) is 6.07 Å². The van der Waals surface area contributed by atoms with Crippen molar-refractivity contribution in [2.75, 3.05) is 19.6 Å². The lowest BCUT2D eigenvalue weighted by Crippen LogP contribution is -2.63. The van der Waals surface area contributed by atoms with Gasteiger partial charge in [0, 0.05) is 25.6 Å². The van der Waals surface area contributed by atoms with E-state index in [1.165, 1.54) is 11.1 Å². The van der Waals surface area contributed by atoms with Crippen LogP contribution in [0, 0.1) is 5.41 Å². The maximum absolute atomic E-state index is 13.7. The Bertz CT molecular complexity index is 994. The quantitative estimate of drug-likeness (QED) is 0.667. The van der Waals surface area contributed by atoms with Gasteiger partial charge in [-0.2, -0.15) is 0 Å². The molecule has 0 bridgehead atoms. The Hall–Kier alpha value is -2.92. The summed E-state index contributed by atoms with van der Waals surface area (Å²) in [6.45, 7) is 2.89. The highest BCUT2D eigenvalue weighted by Crippen LogP contribution is 2.35. The molecule has 0 aliphatic carbocycles. The van der Waals surface area contributed by atoms with Gasteiger partial charge in [0.25, 0.3) is 0 Å². The van der Waals surface area contributed by atoms with Gasteiger partial charge in [-0.1, -0.05) is 60.7 Å². The van der Waals surface area contributed by atoms with Gasteiger partial charge in [0.15, 0.2) is 0 Å². The van der Waals surface area contributed by atoms with Crippen molar-refractivity contribution >= 4 is 5.91 Å². The first-order valence-corrected chi connectivity index (χ1v) is 10.8. The molecule has 2 aliphatic rings. The molecule has 5 rings (SSSR count). The van der Waals surface area contributed by atoms with E-state index in [0.29, 0.717) is 6.54 Å². The summed E-state index contributed by atoms with van der Waals surface area (Å²) in [6, 6.07) is 20.9. The van der Waals surface area contributed by atoms with Gasteiger partial charge in [-0.3, -0.25) is 4.79 Å². The van der Waals surface area contributed by atoms with Crippen molar-refractivity contribution < 1.29 is 4.79 Å². The zero-order chi connectivity index (χ0) is 20.4. The van der Waals surface area contributed by atoms with Crippen LogP contribution in [0.4, 0.5) is 0 Å². The number of aryl methyl sites for hydroxylation is 1. The third-order valence-electron chi connectivity index (χ3n) is 6.61. The van der Waals surface area contributed by atoms with Crippen molar-refractivity contribution in [2.45, 2.75) is 31.7 Å². The van der Waals surface area contributed by atoms with Gasteiger partial charge in [0.1, 0.15) is 0 Å². The van der Waals surface area contributed by atoms with Crippen LogP contribution < -0.4 is 5.32 Å². The molecule has 2 N–H and O–H groups in total. The highest BCUT2D eigenvalue weighted by atomic mass is 16.2. The fourth-order valence-corrected chi connectivity index (χ4v) is 4.89. The van der Waals surface area contributed by atoms with Crippen molar-refractivity contribution in [3.8, 4) is 0 Å². The van der Waals surface area contributed by atoms with Crippen molar-refractivity contribution in [2.24, 2.45) is 5.41 Å². The number of rotatable bonds is 6. The Labute approximate surface area is 177 Å². The van der Waals surface area contributed by atoms with E-state index in [2.05, 4.69) is 74.8 Å². The molecule has 1 saturated heterocycles. The summed E-state index contributed by atoms with van der Waals surface area (Å²) in [6.07, 6.45) is 4.56. The molecule has 5 nitrogen and oxygen atoms in total. The molecule has 3 aromatic rings. The van der Waals surface area contributed by atoms with Crippen LogP contribution in [0.15, 0.2) is 67.0 Å². The molecule has 1 atom stereocenters. The second-order valence-corrected chi connectivity index (χ2v) is 8.72. The van der Waals surface area contributed by atoms with Gasteiger partial charge in [0.05, 0.1) is 29.7 Å². The normalized spacial score (nSPS) is 19.7. The molecule has 3 heterocycles. The lowest BCUT2D eigenvalue weighted by molar-refractivity contribution is -0.146. The van der Waals surface area contributed by atoms with Crippen LogP contribution in [0.1, 0.15) is 34.9 Å². The minimum absolute atomic E-state index is 0.269. The molecule has 30 heavy (non-hydrogen) atoms. The highest BCUT2D eigenvalue weighted by Gasteiger charge is 2.47. The number of carbonyl (C=O) groups excluding carboxylic acids is 1. The first-order chi connectivity index (χ1) is 14.7. The number of fused-ring (bicyclic) bond motifs is 1. The Morgan fingerprint density at radius 3 is 2.40 bits per heavy atom. The maximum Gasteiger partial charge on any atom is 0.232 e. The predicted octanol–water partition coefficient (Wildman–Crippen LogP) is 3.30. The standard InChI is InChI=1S/C25H28N4O/c30-24(25(16-26-17-25)13-20-9-5-2-6-10-20)29-14-21(23-22(15-29)27-18-28-23)12-11-19-7-3-1-4-8-19/h1-10,18,21,26H,11-17H2,(H,27,28). The van der Waals surface area contributed by atoms with Crippen LogP contribution in [0.3, 0.4) is 0 Å². The number of aromatic amines is 1. The monoisotopic (exact) mass is 400 g/mol. The molecule has 0 saturated carbocycles. The molecule has 2 aromatic carbocycles. The number of nitrogens with one attached hydrogen (secondary N) is 2. The first kappa shape index (κ1) is 19.1. The number of carbonyl (C=O) groups is 1. The minimum atomic E-state index is -0.330. The molecule has 1 aromatic heterocycles. The van der Waals surface area contributed by atoms with Gasteiger partial charge in [-0.05, 0) is 30.4 Å². The van der Waals surface area contributed by atoms with Crippen LogP contribution in [0.25, 0.3) is 0 Å². The first-order valence-electron chi connectivity index (χ1n) is 10.8. The van der Waals surface area contributed by atoms with Crippen molar-refractivity contribution in [1.29, 1.82) is 0 Å². The Balaban J connectivity index is 1.33. The number of amides is 1. The summed E-state index contributed by atoms with van der Waals surface area (Å²) in [4.78, 5) is 23.7.